The molecule has 6 heteroatoms. The van der Waals surface area contributed by atoms with Crippen LogP contribution in [0.2, 0.25) is 5.02 Å². The van der Waals surface area contributed by atoms with E-state index in [1.54, 1.807) is 26.4 Å². The van der Waals surface area contributed by atoms with Gasteiger partial charge in [0.15, 0.2) is 17.5 Å². The standard InChI is InChI=1S/C20H25ClN2O3/c1-14(20(24)22-17-8-6-5-7-16(17)21)23(2)12-11-15-9-10-18(25-3)19(13-15)26-4/h5-10,13-14H,11-12H2,1-4H3,(H,22,24)/p+1/t14-/m1/s1. The fourth-order valence-corrected chi connectivity index (χ4v) is 2.80. The van der Waals surface area contributed by atoms with Crippen LogP contribution in [0.4, 0.5) is 5.69 Å². The molecule has 0 spiro atoms. The van der Waals surface area contributed by atoms with E-state index in [9.17, 15) is 4.79 Å². The molecule has 2 rings (SSSR count). The summed E-state index contributed by atoms with van der Waals surface area (Å²) >= 11 is 6.10. The Kier molecular flexibility index (Phi) is 7.30. The van der Waals surface area contributed by atoms with Gasteiger partial charge in [0.2, 0.25) is 0 Å². The number of amides is 1. The smallest absolute Gasteiger partial charge is 0.282 e. The second kappa shape index (κ2) is 9.46. The van der Waals surface area contributed by atoms with Gasteiger partial charge in [-0.1, -0.05) is 29.8 Å². The zero-order valence-electron chi connectivity index (χ0n) is 15.6. The van der Waals surface area contributed by atoms with Gasteiger partial charge in [-0.05, 0) is 36.8 Å². The number of hydrogen-bond donors (Lipinski definition) is 2. The van der Waals surface area contributed by atoms with Crippen molar-refractivity contribution in [1.29, 1.82) is 0 Å². The molecule has 0 saturated heterocycles. The maximum Gasteiger partial charge on any atom is 0.282 e. The molecule has 2 N–H and O–H groups in total. The van der Waals surface area contributed by atoms with E-state index in [-0.39, 0.29) is 11.9 Å². The molecule has 140 valence electrons. The van der Waals surface area contributed by atoms with Crippen LogP contribution in [-0.2, 0) is 11.2 Å². The molecule has 2 atom stereocenters. The van der Waals surface area contributed by atoms with Crippen molar-refractivity contribution < 1.29 is 19.2 Å². The Balaban J connectivity index is 1.93. The van der Waals surface area contributed by atoms with Crippen molar-refractivity contribution >= 4 is 23.2 Å². The minimum absolute atomic E-state index is 0.0529. The molecule has 0 aromatic heterocycles. The Hall–Kier alpha value is -2.24. The molecule has 0 bridgehead atoms. The van der Waals surface area contributed by atoms with E-state index < -0.39 is 0 Å². The van der Waals surface area contributed by atoms with Crippen LogP contribution >= 0.6 is 11.6 Å². The van der Waals surface area contributed by atoms with Crippen LogP contribution in [-0.4, -0.2) is 39.8 Å². The number of ether oxygens (including phenoxy) is 2. The van der Waals surface area contributed by atoms with E-state index in [1.807, 2.05) is 44.3 Å². The average Bonchev–Trinajstić information content (AvgIpc) is 2.66. The van der Waals surface area contributed by atoms with Crippen LogP contribution in [0.1, 0.15) is 12.5 Å². The van der Waals surface area contributed by atoms with Crippen LogP contribution < -0.4 is 19.7 Å². The van der Waals surface area contributed by atoms with Crippen LogP contribution in [0.25, 0.3) is 0 Å². The molecule has 26 heavy (non-hydrogen) atoms. The normalized spacial score (nSPS) is 13.0. The maximum absolute atomic E-state index is 12.5. The van der Waals surface area contributed by atoms with Crippen LogP contribution in [0.3, 0.4) is 0 Å². The number of carbonyl (C=O) groups excluding carboxylic acids is 1. The lowest BCUT2D eigenvalue weighted by atomic mass is 10.1. The number of carbonyl (C=O) groups is 1. The first-order chi connectivity index (χ1) is 12.5. The van der Waals surface area contributed by atoms with Crippen LogP contribution in [0, 0.1) is 0 Å². The van der Waals surface area contributed by atoms with Gasteiger partial charge in [-0.15, -0.1) is 0 Å². The van der Waals surface area contributed by atoms with E-state index >= 15 is 0 Å². The number of hydrogen-bond acceptors (Lipinski definition) is 3. The van der Waals surface area contributed by atoms with E-state index in [4.69, 9.17) is 21.1 Å². The predicted octanol–water partition coefficient (Wildman–Crippen LogP) is 2.44. The largest absolute Gasteiger partial charge is 0.493 e. The van der Waals surface area contributed by atoms with Gasteiger partial charge in [-0.25, -0.2) is 0 Å². The third-order valence-electron chi connectivity index (χ3n) is 4.52. The van der Waals surface area contributed by atoms with Crippen molar-refractivity contribution in [2.45, 2.75) is 19.4 Å². The second-order valence-electron chi connectivity index (χ2n) is 6.23. The van der Waals surface area contributed by atoms with Gasteiger partial charge in [0, 0.05) is 6.42 Å². The molecule has 0 heterocycles. The molecule has 1 amide bonds. The summed E-state index contributed by atoms with van der Waals surface area (Å²) in [5.74, 6) is 1.37. The predicted molar refractivity (Wildman–Crippen MR) is 105 cm³/mol. The summed E-state index contributed by atoms with van der Waals surface area (Å²) in [5, 5.41) is 3.43. The van der Waals surface area contributed by atoms with Crippen molar-refractivity contribution in [3.8, 4) is 11.5 Å². The number of methoxy groups -OCH3 is 2. The molecule has 0 aliphatic carbocycles. The number of rotatable bonds is 8. The molecule has 1 unspecified atom stereocenters. The van der Waals surface area contributed by atoms with Crippen molar-refractivity contribution in [3.05, 3.63) is 53.1 Å². The highest BCUT2D eigenvalue weighted by atomic mass is 35.5. The molecule has 5 nitrogen and oxygen atoms in total. The van der Waals surface area contributed by atoms with Crippen molar-refractivity contribution in [2.24, 2.45) is 0 Å². The quantitative estimate of drug-likeness (QED) is 0.743. The molecule has 0 radical (unpaired) electrons. The summed E-state index contributed by atoms with van der Waals surface area (Å²) in [5.41, 5.74) is 1.78. The fraction of sp³-hybridized carbons (Fsp3) is 0.350. The van der Waals surface area contributed by atoms with Crippen LogP contribution in [0.5, 0.6) is 11.5 Å². The molecule has 0 aliphatic rings. The van der Waals surface area contributed by atoms with E-state index in [2.05, 4.69) is 5.32 Å². The minimum Gasteiger partial charge on any atom is -0.493 e. The number of para-hydroxylation sites is 1. The molecule has 2 aromatic carbocycles. The fourth-order valence-electron chi connectivity index (χ4n) is 2.62. The van der Waals surface area contributed by atoms with Crippen molar-refractivity contribution in [3.63, 3.8) is 0 Å². The number of benzene rings is 2. The molecule has 0 saturated carbocycles. The van der Waals surface area contributed by atoms with Gasteiger partial charge in [0.1, 0.15) is 0 Å². The lowest BCUT2D eigenvalue weighted by Gasteiger charge is -2.21. The highest BCUT2D eigenvalue weighted by Crippen LogP contribution is 2.27. The Morgan fingerprint density at radius 3 is 2.50 bits per heavy atom. The SMILES string of the molecule is COc1ccc(CC[NH+](C)[C@H](C)C(=O)Nc2ccccc2Cl)cc1OC. The Morgan fingerprint density at radius 2 is 1.85 bits per heavy atom. The van der Waals surface area contributed by atoms with Gasteiger partial charge >= 0.3 is 0 Å². The lowest BCUT2D eigenvalue weighted by Crippen LogP contribution is -3.14. The zero-order chi connectivity index (χ0) is 19.1. The summed E-state index contributed by atoms with van der Waals surface area (Å²) < 4.78 is 10.6. The van der Waals surface area contributed by atoms with Gasteiger partial charge < -0.3 is 19.7 Å². The van der Waals surface area contributed by atoms with Gasteiger partial charge in [0.05, 0.1) is 38.5 Å². The summed E-state index contributed by atoms with van der Waals surface area (Å²) in [6.07, 6.45) is 0.829. The number of likely N-dealkylation sites (N-methyl/N-ethyl adjacent to an activating group) is 1. The summed E-state index contributed by atoms with van der Waals surface area (Å²) in [6, 6.07) is 12.9. The summed E-state index contributed by atoms with van der Waals surface area (Å²) in [6.45, 7) is 2.72. The topological polar surface area (TPSA) is 52.0 Å². The summed E-state index contributed by atoms with van der Waals surface area (Å²) in [7, 11) is 5.26. The molecule has 0 aliphatic heterocycles. The Bertz CT molecular complexity index is 752. The first-order valence-corrected chi connectivity index (χ1v) is 8.92. The third-order valence-corrected chi connectivity index (χ3v) is 4.85. The number of anilines is 1. The first kappa shape index (κ1) is 20.1. The maximum atomic E-state index is 12.5. The minimum atomic E-state index is -0.202. The van der Waals surface area contributed by atoms with E-state index in [0.717, 1.165) is 23.4 Å². The van der Waals surface area contributed by atoms with Gasteiger partial charge in [0.25, 0.3) is 5.91 Å². The zero-order valence-corrected chi connectivity index (χ0v) is 16.4. The van der Waals surface area contributed by atoms with Crippen molar-refractivity contribution in [2.75, 3.05) is 33.1 Å². The summed E-state index contributed by atoms with van der Waals surface area (Å²) in [4.78, 5) is 13.6. The Morgan fingerprint density at radius 1 is 1.15 bits per heavy atom. The molecular weight excluding hydrogens is 352 g/mol. The molecule has 0 fully saturated rings. The van der Waals surface area contributed by atoms with E-state index in [0.29, 0.717) is 22.2 Å². The number of quaternary nitrogens is 1. The number of nitrogens with one attached hydrogen (secondary N) is 2. The van der Waals surface area contributed by atoms with E-state index in [1.165, 1.54) is 0 Å². The van der Waals surface area contributed by atoms with Crippen LogP contribution in [0.15, 0.2) is 42.5 Å². The van der Waals surface area contributed by atoms with Gasteiger partial charge in [-0.3, -0.25) is 4.79 Å². The molecule has 2 aromatic rings. The number of halogens is 1. The third kappa shape index (κ3) is 5.13. The van der Waals surface area contributed by atoms with Gasteiger partial charge in [-0.2, -0.15) is 0 Å². The highest BCUT2D eigenvalue weighted by molar-refractivity contribution is 6.33. The molecular formula is C20H26ClN2O3+. The second-order valence-corrected chi connectivity index (χ2v) is 6.63. The highest BCUT2D eigenvalue weighted by Gasteiger charge is 2.22. The van der Waals surface area contributed by atoms with Crippen molar-refractivity contribution in [1.82, 2.24) is 0 Å². The average molecular weight is 378 g/mol. The first-order valence-electron chi connectivity index (χ1n) is 8.55. The lowest BCUT2D eigenvalue weighted by molar-refractivity contribution is -0.893. The monoisotopic (exact) mass is 377 g/mol. The Labute approximate surface area is 159 Å².